The molecule has 1 aromatic heterocycles. The van der Waals surface area contributed by atoms with Crippen LogP contribution in [0.1, 0.15) is 5.56 Å². The van der Waals surface area contributed by atoms with Crippen LogP contribution in [0.3, 0.4) is 0 Å². The molecule has 0 aromatic carbocycles. The summed E-state index contributed by atoms with van der Waals surface area (Å²) in [6, 6.07) is 2.03. The van der Waals surface area contributed by atoms with E-state index in [9.17, 15) is 0 Å². The van der Waals surface area contributed by atoms with E-state index in [1.54, 1.807) is 11.8 Å². The van der Waals surface area contributed by atoms with E-state index in [2.05, 4.69) is 18.2 Å². The largest absolute Gasteiger partial charge is 0.264 e. The Bertz CT molecular complexity index is 198. The molecule has 0 amide bonds. The van der Waals surface area contributed by atoms with E-state index >= 15 is 0 Å². The van der Waals surface area contributed by atoms with Gasteiger partial charge < -0.3 is 0 Å². The van der Waals surface area contributed by atoms with Gasteiger partial charge in [-0.3, -0.25) is 4.98 Å². The second-order valence-corrected chi connectivity index (χ2v) is 2.69. The Balaban J connectivity index is 3.01. The average Bonchev–Trinajstić information content (AvgIpc) is 1.89. The van der Waals surface area contributed by atoms with E-state index in [1.165, 1.54) is 10.5 Å². The zero-order valence-electron chi connectivity index (χ0n) is 5.59. The highest BCUT2D eigenvalue weighted by atomic mass is 32.2. The molecule has 1 nitrogen and oxygen atoms in total. The molecule has 0 radical (unpaired) electrons. The Morgan fingerprint density at radius 1 is 1.56 bits per heavy atom. The highest BCUT2D eigenvalue weighted by molar-refractivity contribution is 7.98. The molecule has 1 rings (SSSR count). The third kappa shape index (κ3) is 1.45. The quantitative estimate of drug-likeness (QED) is 0.553. The van der Waals surface area contributed by atoms with Crippen LogP contribution in [0.15, 0.2) is 23.4 Å². The molecule has 0 fully saturated rings. The summed E-state index contributed by atoms with van der Waals surface area (Å²) in [7, 11) is 0. The van der Waals surface area contributed by atoms with Crippen molar-refractivity contribution in [1.82, 2.24) is 4.98 Å². The van der Waals surface area contributed by atoms with Crippen LogP contribution in [0.25, 0.3) is 0 Å². The Morgan fingerprint density at radius 2 is 2.33 bits per heavy atom. The summed E-state index contributed by atoms with van der Waals surface area (Å²) in [5.41, 5.74) is 1.25. The number of hydrogen-bond acceptors (Lipinski definition) is 2. The molecule has 0 aliphatic heterocycles. The zero-order valence-corrected chi connectivity index (χ0v) is 6.40. The van der Waals surface area contributed by atoms with Crippen molar-refractivity contribution >= 4 is 11.8 Å². The van der Waals surface area contributed by atoms with Gasteiger partial charge in [-0.05, 0) is 24.8 Å². The maximum Gasteiger partial charge on any atom is 0.0308 e. The molecule has 0 saturated heterocycles. The van der Waals surface area contributed by atoms with Crippen molar-refractivity contribution in [2.45, 2.75) is 11.8 Å². The number of hydrogen-bond donors (Lipinski definition) is 0. The molecule has 2 heteroatoms. The smallest absolute Gasteiger partial charge is 0.0308 e. The van der Waals surface area contributed by atoms with Crippen LogP contribution in [0.2, 0.25) is 0 Å². The van der Waals surface area contributed by atoms with Crippen molar-refractivity contribution in [3.8, 4) is 0 Å². The van der Waals surface area contributed by atoms with Gasteiger partial charge in [0.2, 0.25) is 0 Å². The Kier molecular flexibility index (Phi) is 2.11. The van der Waals surface area contributed by atoms with Gasteiger partial charge in [0.25, 0.3) is 0 Å². The fourth-order valence-corrected chi connectivity index (χ4v) is 1.26. The van der Waals surface area contributed by atoms with Crippen LogP contribution >= 0.6 is 11.8 Å². The lowest BCUT2D eigenvalue weighted by Gasteiger charge is -1.97. The minimum Gasteiger partial charge on any atom is -0.264 e. The lowest BCUT2D eigenvalue weighted by molar-refractivity contribution is 1.19. The molecule has 0 bridgehead atoms. The first-order valence-corrected chi connectivity index (χ1v) is 4.01. The topological polar surface area (TPSA) is 12.9 Å². The minimum atomic E-state index is 1.25. The van der Waals surface area contributed by atoms with Gasteiger partial charge in [0.05, 0.1) is 0 Å². The number of nitrogens with zero attached hydrogens (tertiary/aromatic N) is 1. The van der Waals surface area contributed by atoms with Crippen LogP contribution < -0.4 is 0 Å². The normalized spacial score (nSPS) is 9.56. The van der Waals surface area contributed by atoms with Crippen molar-refractivity contribution in [3.05, 3.63) is 24.0 Å². The van der Waals surface area contributed by atoms with Crippen LogP contribution in [-0.2, 0) is 0 Å². The summed E-state index contributed by atoms with van der Waals surface area (Å²) < 4.78 is 0. The number of thioether (sulfide) groups is 1. The molecular formula is C7H9NS. The predicted molar refractivity (Wildman–Crippen MR) is 40.8 cm³/mol. The molecule has 1 aromatic rings. The molecule has 0 N–H and O–H groups in total. The van der Waals surface area contributed by atoms with Gasteiger partial charge in [-0.15, -0.1) is 11.8 Å². The minimum absolute atomic E-state index is 1.25. The lowest BCUT2D eigenvalue weighted by atomic mass is 10.3. The van der Waals surface area contributed by atoms with E-state index in [0.29, 0.717) is 0 Å². The Labute approximate surface area is 59.5 Å². The molecule has 48 valence electrons. The molecule has 0 aliphatic carbocycles. The third-order valence-corrected chi connectivity index (χ3v) is 2.09. The van der Waals surface area contributed by atoms with Crippen LogP contribution in [0, 0.1) is 6.92 Å². The van der Waals surface area contributed by atoms with Gasteiger partial charge in [-0.2, -0.15) is 0 Å². The maximum atomic E-state index is 3.98. The number of aryl methyl sites for hydroxylation is 1. The molecule has 9 heavy (non-hydrogen) atoms. The first kappa shape index (κ1) is 6.62. The van der Waals surface area contributed by atoms with Crippen LogP contribution in [0.5, 0.6) is 0 Å². The van der Waals surface area contributed by atoms with Gasteiger partial charge in [-0.1, -0.05) is 0 Å². The molecular weight excluding hydrogens is 130 g/mol. The predicted octanol–water partition coefficient (Wildman–Crippen LogP) is 2.11. The van der Waals surface area contributed by atoms with Gasteiger partial charge in [0, 0.05) is 17.3 Å². The maximum absolute atomic E-state index is 3.98. The standard InChI is InChI=1S/C7H9NS/c1-6-5-8-4-3-7(6)9-2/h3-5H,1-2H3. The van der Waals surface area contributed by atoms with Crippen molar-refractivity contribution in [3.63, 3.8) is 0 Å². The molecule has 0 aliphatic rings. The fourth-order valence-electron chi connectivity index (χ4n) is 0.690. The summed E-state index contributed by atoms with van der Waals surface area (Å²) in [6.45, 7) is 2.07. The van der Waals surface area contributed by atoms with E-state index in [1.807, 2.05) is 18.5 Å². The lowest BCUT2D eigenvalue weighted by Crippen LogP contribution is -1.78. The number of aromatic nitrogens is 1. The van der Waals surface area contributed by atoms with E-state index in [-0.39, 0.29) is 0 Å². The molecule has 1 heterocycles. The van der Waals surface area contributed by atoms with Gasteiger partial charge >= 0.3 is 0 Å². The van der Waals surface area contributed by atoms with Gasteiger partial charge in [-0.25, -0.2) is 0 Å². The SMILES string of the molecule is CSc1ccncc1C. The summed E-state index contributed by atoms with van der Waals surface area (Å²) in [5.74, 6) is 0. The van der Waals surface area contributed by atoms with Crippen LogP contribution in [-0.4, -0.2) is 11.2 Å². The second kappa shape index (κ2) is 2.87. The summed E-state index contributed by atoms with van der Waals surface area (Å²) in [4.78, 5) is 5.29. The fraction of sp³-hybridized carbons (Fsp3) is 0.286. The van der Waals surface area contributed by atoms with E-state index in [4.69, 9.17) is 0 Å². The van der Waals surface area contributed by atoms with Crippen molar-refractivity contribution in [2.24, 2.45) is 0 Å². The first-order valence-electron chi connectivity index (χ1n) is 2.79. The second-order valence-electron chi connectivity index (χ2n) is 1.85. The van der Waals surface area contributed by atoms with Crippen molar-refractivity contribution in [1.29, 1.82) is 0 Å². The Morgan fingerprint density at radius 3 is 2.78 bits per heavy atom. The van der Waals surface area contributed by atoms with E-state index < -0.39 is 0 Å². The van der Waals surface area contributed by atoms with Gasteiger partial charge in [0.15, 0.2) is 0 Å². The number of pyridine rings is 1. The first-order chi connectivity index (χ1) is 4.34. The number of rotatable bonds is 1. The highest BCUT2D eigenvalue weighted by Crippen LogP contribution is 2.16. The van der Waals surface area contributed by atoms with Crippen molar-refractivity contribution in [2.75, 3.05) is 6.26 Å². The third-order valence-electron chi connectivity index (χ3n) is 1.19. The van der Waals surface area contributed by atoms with E-state index in [0.717, 1.165) is 0 Å². The molecule has 0 unspecified atom stereocenters. The highest BCUT2D eigenvalue weighted by Gasteiger charge is 1.91. The Hall–Kier alpha value is -0.500. The molecule has 0 saturated carbocycles. The molecule has 0 atom stereocenters. The monoisotopic (exact) mass is 139 g/mol. The molecule has 0 spiro atoms. The van der Waals surface area contributed by atoms with Gasteiger partial charge in [0.1, 0.15) is 0 Å². The average molecular weight is 139 g/mol. The summed E-state index contributed by atoms with van der Waals surface area (Å²) >= 11 is 1.76. The zero-order chi connectivity index (χ0) is 6.69. The van der Waals surface area contributed by atoms with Crippen molar-refractivity contribution < 1.29 is 0 Å². The summed E-state index contributed by atoms with van der Waals surface area (Å²) in [5, 5.41) is 0. The van der Waals surface area contributed by atoms with Crippen LogP contribution in [0.4, 0.5) is 0 Å². The summed E-state index contributed by atoms with van der Waals surface area (Å²) in [6.07, 6.45) is 5.77.